The summed E-state index contributed by atoms with van der Waals surface area (Å²) < 4.78 is 2.75. The number of thiophene rings is 1. The van der Waals surface area contributed by atoms with Crippen LogP contribution in [0.2, 0.25) is 0 Å². The van der Waals surface area contributed by atoms with Crippen LogP contribution in [0.3, 0.4) is 0 Å². The van der Waals surface area contributed by atoms with Crippen LogP contribution in [0.5, 0.6) is 0 Å². The summed E-state index contributed by atoms with van der Waals surface area (Å²) in [5.41, 5.74) is 2.01. The average Bonchev–Trinajstić information content (AvgIpc) is 3.10. The monoisotopic (exact) mass is 349 g/mol. The molecule has 3 aromatic rings. The van der Waals surface area contributed by atoms with E-state index < -0.39 is 0 Å². The highest BCUT2D eigenvalue weighted by Crippen LogP contribution is 2.28. The van der Waals surface area contributed by atoms with E-state index in [2.05, 4.69) is 55.1 Å². The molecule has 1 N–H and O–H groups in total. The van der Waals surface area contributed by atoms with Gasteiger partial charge in [-0.25, -0.2) is 4.68 Å². The minimum Gasteiger partial charge on any atom is -0.378 e. The van der Waals surface area contributed by atoms with E-state index >= 15 is 0 Å². The number of halogens is 1. The highest BCUT2D eigenvalue weighted by molar-refractivity contribution is 9.10. The summed E-state index contributed by atoms with van der Waals surface area (Å²) >= 11 is 5.22. The molecule has 0 bridgehead atoms. The van der Waals surface area contributed by atoms with Crippen LogP contribution in [0.4, 0.5) is 5.69 Å². The van der Waals surface area contributed by atoms with E-state index in [1.807, 2.05) is 24.3 Å². The molecule has 1 unspecified atom stereocenters. The lowest BCUT2D eigenvalue weighted by molar-refractivity contribution is 0.789. The van der Waals surface area contributed by atoms with Crippen molar-refractivity contribution in [2.75, 3.05) is 5.32 Å². The molecule has 2 heterocycles. The molecule has 0 fully saturated rings. The van der Waals surface area contributed by atoms with Gasteiger partial charge in [0.05, 0.1) is 11.7 Å². The van der Waals surface area contributed by atoms with Crippen LogP contribution >= 0.6 is 27.3 Å². The second kappa shape index (κ2) is 5.72. The zero-order chi connectivity index (χ0) is 13.9. The van der Waals surface area contributed by atoms with Gasteiger partial charge >= 0.3 is 0 Å². The van der Waals surface area contributed by atoms with Crippen molar-refractivity contribution < 1.29 is 0 Å². The van der Waals surface area contributed by atoms with Gasteiger partial charge in [0.2, 0.25) is 0 Å². The predicted molar refractivity (Wildman–Crippen MR) is 83.2 cm³/mol. The normalized spacial score (nSPS) is 12.3. The maximum Gasteiger partial charge on any atom is 0.143 e. The van der Waals surface area contributed by atoms with Gasteiger partial charge in [-0.05, 0) is 63.6 Å². The van der Waals surface area contributed by atoms with Gasteiger partial charge in [-0.15, -0.1) is 16.4 Å². The molecule has 0 aliphatic carbocycles. The number of benzene rings is 1. The Morgan fingerprint density at radius 1 is 1.30 bits per heavy atom. The molecule has 0 aliphatic heterocycles. The van der Waals surface area contributed by atoms with Crippen LogP contribution in [0, 0.1) is 0 Å². The summed E-state index contributed by atoms with van der Waals surface area (Å²) in [4.78, 5) is 1.29. The van der Waals surface area contributed by atoms with Crippen molar-refractivity contribution in [3.63, 3.8) is 0 Å². The largest absolute Gasteiger partial charge is 0.378 e. The number of hydrogen-bond donors (Lipinski definition) is 1. The Bertz CT molecular complexity index is 677. The lowest BCUT2D eigenvalue weighted by Crippen LogP contribution is -2.05. The van der Waals surface area contributed by atoms with Crippen LogP contribution in [0.15, 0.2) is 46.5 Å². The molecule has 0 radical (unpaired) electrons. The summed E-state index contributed by atoms with van der Waals surface area (Å²) in [5, 5.41) is 16.7. The van der Waals surface area contributed by atoms with E-state index in [9.17, 15) is 0 Å². The van der Waals surface area contributed by atoms with Gasteiger partial charge in [0.15, 0.2) is 0 Å². The first-order valence-electron chi connectivity index (χ1n) is 6.06. The highest BCUT2D eigenvalue weighted by Gasteiger charge is 2.08. The van der Waals surface area contributed by atoms with Crippen molar-refractivity contribution in [3.8, 4) is 5.69 Å². The standard InChI is InChI=1S/C13H12BrN5S/c1-9(13-6-10(14)7-20-13)16-11-2-4-12(5-3-11)19-8-15-17-18-19/h2-9,16H,1H3. The SMILES string of the molecule is CC(Nc1ccc(-n2cnnn2)cc1)c1cc(Br)cs1. The maximum absolute atomic E-state index is 3.86. The Labute approximate surface area is 128 Å². The van der Waals surface area contributed by atoms with Gasteiger partial charge < -0.3 is 5.32 Å². The molecule has 1 atom stereocenters. The van der Waals surface area contributed by atoms with Gasteiger partial charge in [0.1, 0.15) is 6.33 Å². The van der Waals surface area contributed by atoms with Crippen LogP contribution in [0.25, 0.3) is 5.69 Å². The Balaban J connectivity index is 1.72. The van der Waals surface area contributed by atoms with Gasteiger partial charge in [-0.2, -0.15) is 0 Å². The van der Waals surface area contributed by atoms with E-state index in [1.165, 1.54) is 4.88 Å². The predicted octanol–water partition coefficient (Wildman–Crippen LogP) is 3.66. The van der Waals surface area contributed by atoms with Crippen LogP contribution in [-0.4, -0.2) is 20.2 Å². The smallest absolute Gasteiger partial charge is 0.143 e. The first kappa shape index (κ1) is 13.3. The third kappa shape index (κ3) is 2.88. The molecule has 0 amide bonds. The maximum atomic E-state index is 3.86. The Kier molecular flexibility index (Phi) is 3.79. The number of nitrogens with zero attached hydrogens (tertiary/aromatic N) is 4. The van der Waals surface area contributed by atoms with Gasteiger partial charge in [-0.3, -0.25) is 0 Å². The Hall–Kier alpha value is -1.73. The second-order valence-electron chi connectivity index (χ2n) is 4.33. The minimum absolute atomic E-state index is 0.269. The molecule has 0 saturated heterocycles. The number of tetrazole rings is 1. The number of nitrogens with one attached hydrogen (secondary N) is 1. The third-order valence-corrected chi connectivity index (χ3v) is 4.75. The fourth-order valence-electron chi connectivity index (χ4n) is 1.87. The lowest BCUT2D eigenvalue weighted by atomic mass is 10.2. The number of aromatic nitrogens is 4. The molecule has 5 nitrogen and oxygen atoms in total. The molecular weight excluding hydrogens is 338 g/mol. The van der Waals surface area contributed by atoms with Crippen molar-refractivity contribution in [1.29, 1.82) is 0 Å². The third-order valence-electron chi connectivity index (χ3n) is 2.88. The van der Waals surface area contributed by atoms with Crippen LogP contribution in [0.1, 0.15) is 17.8 Å². The molecule has 2 aromatic heterocycles. The molecule has 0 saturated carbocycles. The zero-order valence-corrected chi connectivity index (χ0v) is 13.1. The van der Waals surface area contributed by atoms with Gasteiger partial charge in [0.25, 0.3) is 0 Å². The number of anilines is 1. The summed E-state index contributed by atoms with van der Waals surface area (Å²) in [5.74, 6) is 0. The van der Waals surface area contributed by atoms with Crippen LogP contribution < -0.4 is 5.32 Å². The number of hydrogen-bond acceptors (Lipinski definition) is 5. The molecule has 1 aromatic carbocycles. The molecule has 102 valence electrons. The molecule has 7 heteroatoms. The zero-order valence-electron chi connectivity index (χ0n) is 10.7. The molecule has 0 spiro atoms. The van der Waals surface area contributed by atoms with Crippen molar-refractivity contribution in [1.82, 2.24) is 20.2 Å². The quantitative estimate of drug-likeness (QED) is 0.780. The molecule has 20 heavy (non-hydrogen) atoms. The van der Waals surface area contributed by atoms with E-state index in [-0.39, 0.29) is 6.04 Å². The average molecular weight is 350 g/mol. The van der Waals surface area contributed by atoms with Crippen molar-refractivity contribution in [2.24, 2.45) is 0 Å². The summed E-state index contributed by atoms with van der Waals surface area (Å²) in [6.07, 6.45) is 1.58. The molecular formula is C13H12BrN5S. The Morgan fingerprint density at radius 3 is 2.70 bits per heavy atom. The number of rotatable bonds is 4. The summed E-state index contributed by atoms with van der Waals surface area (Å²) in [7, 11) is 0. The minimum atomic E-state index is 0.269. The van der Waals surface area contributed by atoms with Gasteiger partial charge in [0, 0.05) is 20.4 Å². The second-order valence-corrected chi connectivity index (χ2v) is 6.19. The van der Waals surface area contributed by atoms with E-state index in [0.717, 1.165) is 15.8 Å². The van der Waals surface area contributed by atoms with E-state index in [4.69, 9.17) is 0 Å². The summed E-state index contributed by atoms with van der Waals surface area (Å²) in [6, 6.07) is 10.4. The van der Waals surface area contributed by atoms with E-state index in [0.29, 0.717) is 0 Å². The van der Waals surface area contributed by atoms with Gasteiger partial charge in [-0.1, -0.05) is 0 Å². The van der Waals surface area contributed by atoms with Crippen molar-refractivity contribution in [3.05, 3.63) is 51.4 Å². The lowest BCUT2D eigenvalue weighted by Gasteiger charge is -2.13. The van der Waals surface area contributed by atoms with Crippen LogP contribution in [-0.2, 0) is 0 Å². The first-order chi connectivity index (χ1) is 9.72. The fourth-order valence-corrected chi connectivity index (χ4v) is 3.32. The molecule has 3 rings (SSSR count). The van der Waals surface area contributed by atoms with E-state index in [1.54, 1.807) is 22.3 Å². The Morgan fingerprint density at radius 2 is 2.10 bits per heavy atom. The fraction of sp³-hybridized carbons (Fsp3) is 0.154. The molecule has 0 aliphatic rings. The van der Waals surface area contributed by atoms with Crippen molar-refractivity contribution >= 4 is 33.0 Å². The van der Waals surface area contributed by atoms with Crippen molar-refractivity contribution in [2.45, 2.75) is 13.0 Å². The first-order valence-corrected chi connectivity index (χ1v) is 7.73. The summed E-state index contributed by atoms with van der Waals surface area (Å²) in [6.45, 7) is 2.15. The highest BCUT2D eigenvalue weighted by atomic mass is 79.9. The topological polar surface area (TPSA) is 55.6 Å².